The second-order valence-electron chi connectivity index (χ2n) is 8.21. The van der Waals surface area contributed by atoms with Crippen molar-refractivity contribution in [1.82, 2.24) is 0 Å². The normalized spacial score (nSPS) is 19.0. The van der Waals surface area contributed by atoms with Crippen molar-refractivity contribution in [3.63, 3.8) is 0 Å². The Labute approximate surface area is 176 Å². The number of thiophene rings is 1. The first-order valence-corrected chi connectivity index (χ1v) is 11.6. The van der Waals surface area contributed by atoms with Gasteiger partial charge in [0.15, 0.2) is 11.6 Å². The van der Waals surface area contributed by atoms with E-state index in [1.165, 1.54) is 42.5 Å². The maximum absolute atomic E-state index is 15.0. The van der Waals surface area contributed by atoms with Crippen molar-refractivity contribution in [2.75, 3.05) is 0 Å². The molecule has 29 heavy (non-hydrogen) atoms. The Balaban J connectivity index is 1.58. The highest BCUT2D eigenvalue weighted by Crippen LogP contribution is 2.44. The summed E-state index contributed by atoms with van der Waals surface area (Å²) in [6.07, 6.45) is 7.21. The third-order valence-electron chi connectivity index (χ3n) is 6.29. The van der Waals surface area contributed by atoms with Crippen molar-refractivity contribution in [1.29, 1.82) is 0 Å². The van der Waals surface area contributed by atoms with Crippen molar-refractivity contribution in [2.24, 2.45) is 5.92 Å². The summed E-state index contributed by atoms with van der Waals surface area (Å²) in [4.78, 5) is 2.14. The molecule has 0 radical (unpaired) electrons. The first kappa shape index (κ1) is 20.3. The van der Waals surface area contributed by atoms with Gasteiger partial charge in [-0.15, -0.1) is 11.3 Å². The predicted octanol–water partition coefficient (Wildman–Crippen LogP) is 8.61. The van der Waals surface area contributed by atoms with E-state index in [4.69, 9.17) is 0 Å². The molecule has 3 aromatic rings. The molecule has 0 nitrogen and oxygen atoms in total. The topological polar surface area (TPSA) is 0 Å². The quantitative estimate of drug-likeness (QED) is 0.381. The van der Waals surface area contributed by atoms with Gasteiger partial charge in [-0.1, -0.05) is 57.0 Å². The van der Waals surface area contributed by atoms with E-state index in [-0.39, 0.29) is 0 Å². The number of halogens is 2. The SMILES string of the molecule is CCCC1CCC(c2ccc(-c3ccc(-c4ccc(CC)cc4)c(F)c3F)s2)C1. The van der Waals surface area contributed by atoms with Gasteiger partial charge in [0, 0.05) is 20.9 Å². The standard InChI is InChI=1S/C26H28F2S/c1-3-5-18-8-11-20(16-18)23-14-15-24(29-23)22-13-12-21(25(27)26(22)28)19-9-6-17(4-2)7-10-19/h6-7,9-10,12-15,18,20H,3-5,8,11,16H2,1-2H3. The minimum atomic E-state index is -0.759. The van der Waals surface area contributed by atoms with Gasteiger partial charge in [0.1, 0.15) is 0 Å². The summed E-state index contributed by atoms with van der Waals surface area (Å²) in [5.74, 6) is -0.103. The molecule has 3 heteroatoms. The van der Waals surface area contributed by atoms with Crippen LogP contribution in [-0.2, 0) is 6.42 Å². The van der Waals surface area contributed by atoms with Gasteiger partial charge in [-0.05, 0) is 66.8 Å². The molecule has 2 unspecified atom stereocenters. The first-order chi connectivity index (χ1) is 14.1. The van der Waals surface area contributed by atoms with Crippen LogP contribution >= 0.6 is 11.3 Å². The summed E-state index contributed by atoms with van der Waals surface area (Å²) in [5.41, 5.74) is 2.59. The van der Waals surface area contributed by atoms with E-state index < -0.39 is 11.6 Å². The summed E-state index contributed by atoms with van der Waals surface area (Å²) in [6, 6.07) is 15.2. The fourth-order valence-corrected chi connectivity index (χ4v) is 5.78. The van der Waals surface area contributed by atoms with Crippen LogP contribution in [0.25, 0.3) is 21.6 Å². The second-order valence-corrected chi connectivity index (χ2v) is 9.32. The van der Waals surface area contributed by atoms with E-state index >= 15 is 0 Å². The number of hydrogen-bond acceptors (Lipinski definition) is 1. The highest BCUT2D eigenvalue weighted by molar-refractivity contribution is 7.15. The molecule has 0 spiro atoms. The number of hydrogen-bond donors (Lipinski definition) is 0. The molecule has 1 fully saturated rings. The maximum Gasteiger partial charge on any atom is 0.168 e. The van der Waals surface area contributed by atoms with Gasteiger partial charge in [-0.25, -0.2) is 8.78 Å². The van der Waals surface area contributed by atoms with Gasteiger partial charge >= 0.3 is 0 Å². The summed E-state index contributed by atoms with van der Waals surface area (Å²) in [5, 5.41) is 0. The monoisotopic (exact) mass is 410 g/mol. The first-order valence-electron chi connectivity index (χ1n) is 10.8. The lowest BCUT2D eigenvalue weighted by Crippen LogP contribution is -1.94. The zero-order chi connectivity index (χ0) is 20.4. The van der Waals surface area contributed by atoms with E-state index in [0.29, 0.717) is 22.6 Å². The Kier molecular flexibility index (Phi) is 6.15. The maximum atomic E-state index is 15.0. The Morgan fingerprint density at radius 3 is 2.31 bits per heavy atom. The molecule has 0 N–H and O–H groups in total. The Morgan fingerprint density at radius 2 is 1.59 bits per heavy atom. The Hall–Kier alpha value is -2.00. The van der Waals surface area contributed by atoms with Gasteiger partial charge < -0.3 is 0 Å². The van der Waals surface area contributed by atoms with Crippen LogP contribution in [0.15, 0.2) is 48.5 Å². The number of rotatable bonds is 6. The molecular weight excluding hydrogens is 382 g/mol. The number of aryl methyl sites for hydroxylation is 1. The van der Waals surface area contributed by atoms with Crippen molar-refractivity contribution >= 4 is 11.3 Å². The summed E-state index contributed by atoms with van der Waals surface area (Å²) < 4.78 is 29.8. The molecule has 4 rings (SSSR count). The van der Waals surface area contributed by atoms with E-state index in [2.05, 4.69) is 19.9 Å². The zero-order valence-electron chi connectivity index (χ0n) is 17.2. The van der Waals surface area contributed by atoms with E-state index in [0.717, 1.165) is 17.2 Å². The van der Waals surface area contributed by atoms with Gasteiger partial charge in [-0.2, -0.15) is 0 Å². The van der Waals surface area contributed by atoms with Crippen LogP contribution < -0.4 is 0 Å². The van der Waals surface area contributed by atoms with Gasteiger partial charge in [0.2, 0.25) is 0 Å². The van der Waals surface area contributed by atoms with Crippen LogP contribution in [0, 0.1) is 17.6 Å². The third-order valence-corrected chi connectivity index (χ3v) is 7.57. The molecule has 0 bridgehead atoms. The van der Waals surface area contributed by atoms with Crippen molar-refractivity contribution in [3.05, 3.63) is 70.6 Å². The van der Waals surface area contributed by atoms with Crippen LogP contribution in [0.5, 0.6) is 0 Å². The van der Waals surface area contributed by atoms with Gasteiger partial charge in [0.25, 0.3) is 0 Å². The minimum absolute atomic E-state index is 0.323. The zero-order valence-corrected chi connectivity index (χ0v) is 18.0. The van der Waals surface area contributed by atoms with Gasteiger partial charge in [-0.3, -0.25) is 0 Å². The second kappa shape index (κ2) is 8.79. The van der Waals surface area contributed by atoms with Crippen LogP contribution in [0.1, 0.15) is 62.3 Å². The summed E-state index contributed by atoms with van der Waals surface area (Å²) >= 11 is 1.63. The summed E-state index contributed by atoms with van der Waals surface area (Å²) in [6.45, 7) is 4.32. The van der Waals surface area contributed by atoms with Crippen LogP contribution in [-0.4, -0.2) is 0 Å². The van der Waals surface area contributed by atoms with Crippen molar-refractivity contribution in [2.45, 2.75) is 58.3 Å². The minimum Gasteiger partial charge on any atom is -0.203 e. The smallest absolute Gasteiger partial charge is 0.168 e. The summed E-state index contributed by atoms with van der Waals surface area (Å²) in [7, 11) is 0. The molecule has 1 heterocycles. The van der Waals surface area contributed by atoms with Crippen LogP contribution in [0.3, 0.4) is 0 Å². The highest BCUT2D eigenvalue weighted by atomic mass is 32.1. The lowest BCUT2D eigenvalue weighted by molar-refractivity contribution is 0.490. The molecule has 0 saturated heterocycles. The third kappa shape index (κ3) is 4.16. The lowest BCUT2D eigenvalue weighted by atomic mass is 9.99. The van der Waals surface area contributed by atoms with E-state index in [1.807, 2.05) is 30.3 Å². The molecule has 0 aliphatic heterocycles. The highest BCUT2D eigenvalue weighted by Gasteiger charge is 2.27. The largest absolute Gasteiger partial charge is 0.203 e. The van der Waals surface area contributed by atoms with E-state index in [9.17, 15) is 8.78 Å². The Morgan fingerprint density at radius 1 is 0.862 bits per heavy atom. The van der Waals surface area contributed by atoms with Crippen molar-refractivity contribution in [3.8, 4) is 21.6 Å². The average molecular weight is 411 g/mol. The van der Waals surface area contributed by atoms with Crippen LogP contribution in [0.4, 0.5) is 8.78 Å². The molecule has 1 aliphatic carbocycles. The predicted molar refractivity (Wildman–Crippen MR) is 119 cm³/mol. The fraction of sp³-hybridized carbons (Fsp3) is 0.385. The van der Waals surface area contributed by atoms with Crippen molar-refractivity contribution < 1.29 is 8.78 Å². The van der Waals surface area contributed by atoms with E-state index in [1.54, 1.807) is 23.5 Å². The van der Waals surface area contributed by atoms with Gasteiger partial charge in [0.05, 0.1) is 0 Å². The molecule has 2 aromatic carbocycles. The molecule has 1 saturated carbocycles. The molecule has 1 aromatic heterocycles. The molecule has 1 aliphatic rings. The lowest BCUT2D eigenvalue weighted by Gasteiger charge is -2.10. The fourth-order valence-electron chi connectivity index (χ4n) is 4.60. The molecular formula is C26H28F2S. The molecule has 0 amide bonds. The number of benzene rings is 2. The molecule has 2 atom stereocenters. The average Bonchev–Trinajstić information content (AvgIpc) is 3.40. The molecule has 152 valence electrons. The van der Waals surface area contributed by atoms with Crippen LogP contribution in [0.2, 0.25) is 0 Å². The Bertz CT molecular complexity index is 971.